The molecule has 0 aromatic rings. The first-order valence-electron chi connectivity index (χ1n) is 7.62. The molecule has 19 heavy (non-hydrogen) atoms. The highest BCUT2D eigenvalue weighted by Gasteiger charge is 2.20. The standard InChI is InChI=1S/C14H29N3O2/c1-19-13-14(18)12-17-10-8-16(9-11-17)7-6-15-4-2-3-5-15/h14,18H,2-13H2,1H3. The molecule has 0 bridgehead atoms. The highest BCUT2D eigenvalue weighted by molar-refractivity contribution is 4.76. The van der Waals surface area contributed by atoms with Crippen LogP contribution < -0.4 is 0 Å². The Labute approximate surface area is 117 Å². The fourth-order valence-electron chi connectivity index (χ4n) is 3.03. The second-order valence-electron chi connectivity index (χ2n) is 5.80. The largest absolute Gasteiger partial charge is 0.389 e. The van der Waals surface area contributed by atoms with Gasteiger partial charge in [0, 0.05) is 52.9 Å². The van der Waals surface area contributed by atoms with Crippen LogP contribution >= 0.6 is 0 Å². The number of β-amino-alcohol motifs (C(OH)–C–C–N with tert-alkyl or cyclic N) is 1. The van der Waals surface area contributed by atoms with Crippen LogP contribution in [0.15, 0.2) is 0 Å². The van der Waals surface area contributed by atoms with E-state index in [1.54, 1.807) is 7.11 Å². The van der Waals surface area contributed by atoms with Crippen molar-refractivity contribution < 1.29 is 9.84 Å². The van der Waals surface area contributed by atoms with Crippen molar-refractivity contribution >= 4 is 0 Å². The van der Waals surface area contributed by atoms with Crippen LogP contribution in [0.1, 0.15) is 12.8 Å². The summed E-state index contributed by atoms with van der Waals surface area (Å²) in [5.41, 5.74) is 0. The number of piperazine rings is 1. The molecule has 1 N–H and O–H groups in total. The van der Waals surface area contributed by atoms with E-state index in [0.717, 1.165) is 32.7 Å². The first kappa shape index (κ1) is 15.2. The molecule has 0 spiro atoms. The normalized spacial score (nSPS) is 24.9. The topological polar surface area (TPSA) is 39.2 Å². The van der Waals surface area contributed by atoms with E-state index in [0.29, 0.717) is 6.61 Å². The third kappa shape index (κ3) is 5.36. The van der Waals surface area contributed by atoms with E-state index >= 15 is 0 Å². The molecule has 2 aliphatic rings. The van der Waals surface area contributed by atoms with Gasteiger partial charge < -0.3 is 14.7 Å². The van der Waals surface area contributed by atoms with Gasteiger partial charge in [-0.2, -0.15) is 0 Å². The van der Waals surface area contributed by atoms with E-state index in [9.17, 15) is 5.11 Å². The van der Waals surface area contributed by atoms with Crippen molar-refractivity contribution in [1.82, 2.24) is 14.7 Å². The van der Waals surface area contributed by atoms with Crippen molar-refractivity contribution in [2.24, 2.45) is 0 Å². The molecule has 5 heteroatoms. The van der Waals surface area contributed by atoms with Crippen LogP contribution in [-0.2, 0) is 4.74 Å². The van der Waals surface area contributed by atoms with Crippen LogP contribution in [0.4, 0.5) is 0 Å². The van der Waals surface area contributed by atoms with Gasteiger partial charge in [0.05, 0.1) is 12.7 Å². The molecule has 0 amide bonds. The molecule has 1 atom stereocenters. The second-order valence-corrected chi connectivity index (χ2v) is 5.80. The van der Waals surface area contributed by atoms with Crippen LogP contribution in [0.5, 0.6) is 0 Å². The molecule has 1 unspecified atom stereocenters. The van der Waals surface area contributed by atoms with E-state index in [4.69, 9.17) is 4.74 Å². The van der Waals surface area contributed by atoms with Crippen molar-refractivity contribution in [2.45, 2.75) is 18.9 Å². The third-order valence-corrected chi connectivity index (χ3v) is 4.22. The maximum absolute atomic E-state index is 9.73. The summed E-state index contributed by atoms with van der Waals surface area (Å²) in [4.78, 5) is 7.47. The molecule has 5 nitrogen and oxygen atoms in total. The van der Waals surface area contributed by atoms with Gasteiger partial charge >= 0.3 is 0 Å². The SMILES string of the molecule is COCC(O)CN1CCN(CCN2CCCC2)CC1. The summed E-state index contributed by atoms with van der Waals surface area (Å²) in [5.74, 6) is 0. The Balaban J connectivity index is 1.56. The van der Waals surface area contributed by atoms with Crippen molar-refractivity contribution in [3.8, 4) is 0 Å². The van der Waals surface area contributed by atoms with Crippen molar-refractivity contribution in [2.75, 3.05) is 72.6 Å². The lowest BCUT2D eigenvalue weighted by Gasteiger charge is -2.36. The van der Waals surface area contributed by atoms with Crippen molar-refractivity contribution in [1.29, 1.82) is 0 Å². The minimum atomic E-state index is -0.346. The lowest BCUT2D eigenvalue weighted by Crippen LogP contribution is -2.50. The minimum Gasteiger partial charge on any atom is -0.389 e. The van der Waals surface area contributed by atoms with Crippen LogP contribution in [0, 0.1) is 0 Å². The lowest BCUT2D eigenvalue weighted by atomic mass is 10.2. The maximum atomic E-state index is 9.73. The number of hydrogen-bond donors (Lipinski definition) is 1. The summed E-state index contributed by atoms with van der Waals surface area (Å²) in [5, 5.41) is 9.73. The van der Waals surface area contributed by atoms with Crippen LogP contribution in [0.25, 0.3) is 0 Å². The molecule has 0 aromatic carbocycles. The molecule has 2 fully saturated rings. The summed E-state index contributed by atoms with van der Waals surface area (Å²) in [7, 11) is 1.64. The smallest absolute Gasteiger partial charge is 0.0900 e. The Kier molecular flexibility index (Phi) is 6.53. The molecule has 2 aliphatic heterocycles. The maximum Gasteiger partial charge on any atom is 0.0900 e. The molecule has 112 valence electrons. The zero-order chi connectivity index (χ0) is 13.5. The highest BCUT2D eigenvalue weighted by atomic mass is 16.5. The Bertz CT molecular complexity index is 239. The van der Waals surface area contributed by atoms with Crippen LogP contribution in [0.3, 0.4) is 0 Å². The minimum absolute atomic E-state index is 0.346. The number of ether oxygens (including phenoxy) is 1. The summed E-state index contributed by atoms with van der Waals surface area (Å²) in [6.45, 7) is 10.6. The van der Waals surface area contributed by atoms with E-state index in [1.165, 1.54) is 39.0 Å². The molecule has 2 heterocycles. The van der Waals surface area contributed by atoms with Gasteiger partial charge in [-0.05, 0) is 25.9 Å². The zero-order valence-corrected chi connectivity index (χ0v) is 12.3. The fraction of sp³-hybridized carbons (Fsp3) is 1.00. The average molecular weight is 271 g/mol. The van der Waals surface area contributed by atoms with Gasteiger partial charge in [0.2, 0.25) is 0 Å². The molecular formula is C14H29N3O2. The number of aliphatic hydroxyl groups excluding tert-OH is 1. The first-order chi connectivity index (χ1) is 9.28. The van der Waals surface area contributed by atoms with E-state index in [2.05, 4.69) is 14.7 Å². The number of rotatable bonds is 7. The monoisotopic (exact) mass is 271 g/mol. The van der Waals surface area contributed by atoms with Gasteiger partial charge in [0.1, 0.15) is 0 Å². The summed E-state index contributed by atoms with van der Waals surface area (Å²) in [6, 6.07) is 0. The average Bonchev–Trinajstić information content (AvgIpc) is 2.91. The number of likely N-dealkylation sites (tertiary alicyclic amines) is 1. The van der Waals surface area contributed by atoms with Gasteiger partial charge in [0.25, 0.3) is 0 Å². The lowest BCUT2D eigenvalue weighted by molar-refractivity contribution is 0.0231. The van der Waals surface area contributed by atoms with E-state index < -0.39 is 0 Å². The molecule has 0 aliphatic carbocycles. The van der Waals surface area contributed by atoms with Crippen molar-refractivity contribution in [3.63, 3.8) is 0 Å². The Hall–Kier alpha value is -0.200. The predicted molar refractivity (Wildman–Crippen MR) is 76.4 cm³/mol. The highest BCUT2D eigenvalue weighted by Crippen LogP contribution is 2.08. The molecule has 0 aromatic heterocycles. The number of aliphatic hydroxyl groups is 1. The van der Waals surface area contributed by atoms with Crippen LogP contribution in [0.2, 0.25) is 0 Å². The quantitative estimate of drug-likeness (QED) is 0.689. The van der Waals surface area contributed by atoms with E-state index in [1.807, 2.05) is 0 Å². The zero-order valence-electron chi connectivity index (χ0n) is 12.3. The Morgan fingerprint density at radius 1 is 0.895 bits per heavy atom. The van der Waals surface area contributed by atoms with Gasteiger partial charge in [-0.1, -0.05) is 0 Å². The molecular weight excluding hydrogens is 242 g/mol. The summed E-state index contributed by atoms with van der Waals surface area (Å²) < 4.78 is 4.97. The molecule has 2 saturated heterocycles. The van der Waals surface area contributed by atoms with E-state index in [-0.39, 0.29) is 6.10 Å². The Morgan fingerprint density at radius 3 is 2.00 bits per heavy atom. The third-order valence-electron chi connectivity index (χ3n) is 4.22. The van der Waals surface area contributed by atoms with Gasteiger partial charge in [0.15, 0.2) is 0 Å². The van der Waals surface area contributed by atoms with Crippen molar-refractivity contribution in [3.05, 3.63) is 0 Å². The number of hydrogen-bond acceptors (Lipinski definition) is 5. The predicted octanol–water partition coefficient (Wildman–Crippen LogP) is -0.293. The Morgan fingerprint density at radius 2 is 1.42 bits per heavy atom. The summed E-state index contributed by atoms with van der Waals surface area (Å²) >= 11 is 0. The summed E-state index contributed by atoms with van der Waals surface area (Å²) in [6.07, 6.45) is 2.41. The van der Waals surface area contributed by atoms with Gasteiger partial charge in [-0.3, -0.25) is 9.80 Å². The fourth-order valence-corrected chi connectivity index (χ4v) is 3.03. The molecule has 2 rings (SSSR count). The van der Waals surface area contributed by atoms with Gasteiger partial charge in [-0.15, -0.1) is 0 Å². The molecule has 0 radical (unpaired) electrons. The van der Waals surface area contributed by atoms with Crippen LogP contribution in [-0.4, -0.2) is 98.5 Å². The number of methoxy groups -OCH3 is 1. The first-order valence-corrected chi connectivity index (χ1v) is 7.62. The molecule has 0 saturated carbocycles. The second kappa shape index (κ2) is 8.17. The number of nitrogens with zero attached hydrogens (tertiary/aromatic N) is 3. The van der Waals surface area contributed by atoms with Gasteiger partial charge in [-0.25, -0.2) is 0 Å².